The van der Waals surface area contributed by atoms with Gasteiger partial charge in [0.1, 0.15) is 0 Å². The molecule has 0 radical (unpaired) electrons. The van der Waals surface area contributed by atoms with Gasteiger partial charge in [0.2, 0.25) is 0 Å². The number of hydrogen-bond donors (Lipinski definition) is 2. The molecule has 27 heavy (non-hydrogen) atoms. The molecule has 7 nitrogen and oxygen atoms in total. The Kier molecular flexibility index (Phi) is 6.20. The first-order valence-electron chi connectivity index (χ1n) is 8.99. The Hall–Kier alpha value is -2.29. The van der Waals surface area contributed by atoms with Crippen molar-refractivity contribution in [3.05, 3.63) is 51.4 Å². The second kappa shape index (κ2) is 8.60. The zero-order valence-electron chi connectivity index (χ0n) is 15.1. The molecule has 1 saturated carbocycles. The number of nitrogens with one attached hydrogen (secondary N) is 1. The van der Waals surface area contributed by atoms with Crippen LogP contribution in [0.5, 0.6) is 0 Å². The van der Waals surface area contributed by atoms with Crippen molar-refractivity contribution >= 4 is 23.0 Å². The van der Waals surface area contributed by atoms with Gasteiger partial charge in [-0.15, -0.1) is 11.3 Å². The fraction of sp³-hybridized carbons (Fsp3) is 0.421. The number of rotatable bonds is 9. The van der Waals surface area contributed by atoms with Crippen LogP contribution in [0.25, 0.3) is 10.4 Å². The molecule has 8 heteroatoms. The lowest BCUT2D eigenvalue weighted by Gasteiger charge is -2.42. The minimum Gasteiger partial charge on any atom is -0.480 e. The van der Waals surface area contributed by atoms with E-state index in [1.54, 1.807) is 23.5 Å². The predicted octanol–water partition coefficient (Wildman–Crippen LogP) is 3.35. The maximum absolute atomic E-state index is 10.9. The van der Waals surface area contributed by atoms with E-state index in [0.717, 1.165) is 36.4 Å². The molecule has 0 spiro atoms. The second-order valence-corrected chi connectivity index (χ2v) is 7.90. The van der Waals surface area contributed by atoms with E-state index in [9.17, 15) is 14.9 Å². The van der Waals surface area contributed by atoms with Crippen LogP contribution in [0, 0.1) is 10.1 Å². The maximum atomic E-state index is 10.9. The summed E-state index contributed by atoms with van der Waals surface area (Å²) in [5.41, 5.74) is 1.08. The Balaban J connectivity index is 1.48. The molecule has 144 valence electrons. The van der Waals surface area contributed by atoms with Crippen molar-refractivity contribution in [1.82, 2.24) is 10.2 Å². The van der Waals surface area contributed by atoms with Gasteiger partial charge in [-0.1, -0.05) is 6.92 Å². The number of benzene rings is 1. The molecule has 1 fully saturated rings. The molecule has 3 rings (SSSR count). The molecule has 0 atom stereocenters. The summed E-state index contributed by atoms with van der Waals surface area (Å²) in [6, 6.07) is 11.5. The van der Waals surface area contributed by atoms with E-state index in [2.05, 4.69) is 11.4 Å². The van der Waals surface area contributed by atoms with E-state index in [4.69, 9.17) is 5.11 Å². The predicted molar refractivity (Wildman–Crippen MR) is 105 cm³/mol. The average Bonchev–Trinajstić information content (AvgIpc) is 3.08. The number of nitrogens with zero attached hydrogens (tertiary/aromatic N) is 2. The van der Waals surface area contributed by atoms with Crippen LogP contribution in [0.3, 0.4) is 0 Å². The first kappa shape index (κ1) is 19.5. The molecule has 2 aromatic rings. The number of likely N-dealkylation sites (N-methyl/N-ethyl adjacent to an activating group) is 1. The van der Waals surface area contributed by atoms with Crippen molar-refractivity contribution in [2.75, 3.05) is 13.1 Å². The van der Waals surface area contributed by atoms with E-state index in [0.29, 0.717) is 12.1 Å². The number of hydrogen-bond acceptors (Lipinski definition) is 6. The summed E-state index contributed by atoms with van der Waals surface area (Å²) in [6.07, 6.45) is 1.95. The third-order valence-corrected chi connectivity index (χ3v) is 6.10. The number of carboxylic acid groups (broad SMARTS) is 1. The van der Waals surface area contributed by atoms with Crippen LogP contribution in [0.1, 0.15) is 24.6 Å². The molecule has 0 amide bonds. The molecule has 2 N–H and O–H groups in total. The lowest BCUT2D eigenvalue weighted by atomic mass is 9.85. The number of non-ortho nitro benzene ring substituents is 1. The monoisotopic (exact) mass is 389 g/mol. The lowest BCUT2D eigenvalue weighted by molar-refractivity contribution is -0.384. The molecule has 1 heterocycles. The van der Waals surface area contributed by atoms with Gasteiger partial charge in [-0.2, -0.15) is 0 Å². The van der Waals surface area contributed by atoms with Crippen molar-refractivity contribution in [1.29, 1.82) is 0 Å². The van der Waals surface area contributed by atoms with E-state index in [1.165, 1.54) is 17.0 Å². The zero-order valence-corrected chi connectivity index (χ0v) is 15.9. The maximum Gasteiger partial charge on any atom is 0.317 e. The second-order valence-electron chi connectivity index (χ2n) is 6.73. The summed E-state index contributed by atoms with van der Waals surface area (Å²) < 4.78 is 0. The summed E-state index contributed by atoms with van der Waals surface area (Å²) >= 11 is 1.68. The van der Waals surface area contributed by atoms with Crippen LogP contribution in [-0.2, 0) is 11.3 Å². The molecular weight excluding hydrogens is 366 g/mol. The molecule has 0 aliphatic heterocycles. The summed E-state index contributed by atoms with van der Waals surface area (Å²) in [6.45, 7) is 3.64. The van der Waals surface area contributed by atoms with Crippen LogP contribution < -0.4 is 5.32 Å². The van der Waals surface area contributed by atoms with Crippen LogP contribution >= 0.6 is 11.3 Å². The largest absolute Gasteiger partial charge is 0.480 e. The summed E-state index contributed by atoms with van der Waals surface area (Å²) in [5.74, 6) is -0.773. The third kappa shape index (κ3) is 4.91. The SMILES string of the molecule is CCN(CC(=O)O)C1CC(NCc2ccc(-c3ccc([N+](=O)[O-])cc3)s2)C1. The van der Waals surface area contributed by atoms with Crippen LogP contribution in [0.15, 0.2) is 36.4 Å². The van der Waals surface area contributed by atoms with Gasteiger partial charge in [0.15, 0.2) is 0 Å². The highest BCUT2D eigenvalue weighted by Gasteiger charge is 2.33. The Morgan fingerprint density at radius 3 is 2.59 bits per heavy atom. The molecule has 0 saturated heterocycles. The third-order valence-electron chi connectivity index (χ3n) is 4.96. The van der Waals surface area contributed by atoms with Gasteiger partial charge in [0.25, 0.3) is 5.69 Å². The van der Waals surface area contributed by atoms with Crippen LogP contribution in [0.4, 0.5) is 5.69 Å². The highest BCUT2D eigenvalue weighted by atomic mass is 32.1. The molecule has 1 aromatic carbocycles. The minimum atomic E-state index is -0.773. The Labute approximate surface area is 161 Å². The van der Waals surface area contributed by atoms with Gasteiger partial charge in [-0.25, -0.2) is 0 Å². The Morgan fingerprint density at radius 1 is 1.30 bits per heavy atom. The smallest absolute Gasteiger partial charge is 0.317 e. The molecule has 1 aliphatic carbocycles. The summed E-state index contributed by atoms with van der Waals surface area (Å²) in [5, 5.41) is 23.2. The fourth-order valence-electron chi connectivity index (χ4n) is 3.35. The van der Waals surface area contributed by atoms with E-state index >= 15 is 0 Å². The van der Waals surface area contributed by atoms with Crippen LogP contribution in [0.2, 0.25) is 0 Å². The number of nitro groups is 1. The van der Waals surface area contributed by atoms with Gasteiger partial charge < -0.3 is 10.4 Å². The van der Waals surface area contributed by atoms with E-state index < -0.39 is 10.9 Å². The lowest BCUT2D eigenvalue weighted by Crippen LogP contribution is -2.53. The van der Waals surface area contributed by atoms with Crippen LogP contribution in [-0.4, -0.2) is 46.1 Å². The van der Waals surface area contributed by atoms with E-state index in [1.807, 2.05) is 17.9 Å². The average molecular weight is 389 g/mol. The highest BCUT2D eigenvalue weighted by Crippen LogP contribution is 2.30. The molecular formula is C19H23N3O4S. The van der Waals surface area contributed by atoms with Gasteiger partial charge in [0, 0.05) is 40.5 Å². The molecule has 1 aromatic heterocycles. The highest BCUT2D eigenvalue weighted by molar-refractivity contribution is 7.15. The van der Waals surface area contributed by atoms with Crippen molar-refractivity contribution in [2.45, 2.75) is 38.4 Å². The zero-order chi connectivity index (χ0) is 19.4. The number of thiophene rings is 1. The van der Waals surface area contributed by atoms with E-state index in [-0.39, 0.29) is 12.2 Å². The summed E-state index contributed by atoms with van der Waals surface area (Å²) in [7, 11) is 0. The molecule has 1 aliphatic rings. The van der Waals surface area contributed by atoms with Crippen molar-refractivity contribution in [3.63, 3.8) is 0 Å². The quantitative estimate of drug-likeness (QED) is 0.504. The number of aliphatic carboxylic acids is 1. The Bertz CT molecular complexity index is 800. The first-order chi connectivity index (χ1) is 13.0. The fourth-order valence-corrected chi connectivity index (χ4v) is 4.31. The van der Waals surface area contributed by atoms with Crippen molar-refractivity contribution in [3.8, 4) is 10.4 Å². The van der Waals surface area contributed by atoms with Gasteiger partial charge >= 0.3 is 5.97 Å². The first-order valence-corrected chi connectivity index (χ1v) is 9.80. The van der Waals surface area contributed by atoms with Gasteiger partial charge in [0.05, 0.1) is 11.5 Å². The van der Waals surface area contributed by atoms with Crippen molar-refractivity contribution < 1.29 is 14.8 Å². The minimum absolute atomic E-state index is 0.0979. The topological polar surface area (TPSA) is 95.7 Å². The standard InChI is InChI=1S/C19H23N3O4S/c1-2-21(12-19(23)24)16-9-14(10-16)20-11-17-7-8-18(27-17)13-3-5-15(6-4-13)22(25)26/h3-8,14,16,20H,2,9-12H2,1H3,(H,23,24). The van der Waals surface area contributed by atoms with Gasteiger partial charge in [-0.3, -0.25) is 19.8 Å². The molecule has 0 bridgehead atoms. The number of carbonyl (C=O) groups is 1. The van der Waals surface area contributed by atoms with Gasteiger partial charge in [-0.05, 0) is 49.2 Å². The van der Waals surface area contributed by atoms with Crippen molar-refractivity contribution in [2.24, 2.45) is 0 Å². The number of nitro benzene ring substituents is 1. The summed E-state index contributed by atoms with van der Waals surface area (Å²) in [4.78, 5) is 25.5. The number of carboxylic acids is 1. The Morgan fingerprint density at radius 2 is 2.00 bits per heavy atom. The molecule has 0 unspecified atom stereocenters. The normalized spacial score (nSPS) is 19.0.